The second-order valence-corrected chi connectivity index (χ2v) is 12.3. The van der Waals surface area contributed by atoms with E-state index < -0.39 is 36.3 Å². The van der Waals surface area contributed by atoms with Crippen molar-refractivity contribution in [1.82, 2.24) is 0 Å². The largest absolute Gasteiger partial charge is 0.508 e. The fourth-order valence-electron chi connectivity index (χ4n) is 5.71. The molecule has 0 aliphatic rings. The first-order chi connectivity index (χ1) is 31.8. The van der Waals surface area contributed by atoms with E-state index in [1.54, 1.807) is 36.4 Å². The third-order valence-electron chi connectivity index (χ3n) is 8.24. The van der Waals surface area contributed by atoms with E-state index in [1.165, 1.54) is 121 Å². The van der Waals surface area contributed by atoms with E-state index in [0.29, 0.717) is 11.4 Å². The number of phenolic OH excluding ortho intramolecular Hbond substituents is 2. The molecule has 0 aromatic heterocycles. The Labute approximate surface area is 393 Å². The molecule has 372 valence electrons. The van der Waals surface area contributed by atoms with E-state index in [-0.39, 0.29) is 44.9 Å². The molecular formula is C54H71F9N2O2. The first-order valence-corrected chi connectivity index (χ1v) is 22.4. The van der Waals surface area contributed by atoms with Crippen LogP contribution in [0.1, 0.15) is 134 Å². The third kappa shape index (κ3) is 23.8. The number of halogens is 9. The van der Waals surface area contributed by atoms with E-state index in [4.69, 9.17) is 21.7 Å². The molecule has 0 fully saturated rings. The maximum atomic E-state index is 13.2. The van der Waals surface area contributed by atoms with Crippen molar-refractivity contribution in [3.8, 4) is 11.5 Å². The minimum Gasteiger partial charge on any atom is -0.508 e. The molecule has 6 N–H and O–H groups in total. The Bertz CT molecular complexity index is 1800. The quantitative estimate of drug-likeness (QED) is 0.0989. The normalized spacial score (nSPS) is 10.2. The second-order valence-electron chi connectivity index (χ2n) is 12.3. The van der Waals surface area contributed by atoms with E-state index in [9.17, 15) is 39.5 Å². The van der Waals surface area contributed by atoms with Gasteiger partial charge in [-0.2, -0.15) is 39.5 Å². The van der Waals surface area contributed by atoms with E-state index >= 15 is 0 Å². The molecule has 0 radical (unpaired) electrons. The fraction of sp³-hybridized carbons (Fsp3) is 0.333. The van der Waals surface area contributed by atoms with E-state index in [2.05, 4.69) is 0 Å². The van der Waals surface area contributed by atoms with Gasteiger partial charge in [-0.25, -0.2) is 0 Å². The zero-order chi connectivity index (χ0) is 52.4. The molecule has 4 nitrogen and oxygen atoms in total. The number of benzene rings is 6. The van der Waals surface area contributed by atoms with Gasteiger partial charge in [0, 0.05) is 11.4 Å². The lowest BCUT2D eigenvalue weighted by molar-refractivity contribution is -0.142. The third-order valence-corrected chi connectivity index (χ3v) is 8.24. The summed E-state index contributed by atoms with van der Waals surface area (Å²) in [6, 6.07) is 37.2. The fourth-order valence-corrected chi connectivity index (χ4v) is 5.71. The molecule has 0 bridgehead atoms. The number of hydrogen-bond donors (Lipinski definition) is 4. The Balaban J connectivity index is -0.000000823. The molecule has 0 aliphatic carbocycles. The predicted molar refractivity (Wildman–Crippen MR) is 263 cm³/mol. The highest BCUT2D eigenvalue weighted by Crippen LogP contribution is 2.42. The summed E-state index contributed by atoms with van der Waals surface area (Å²) in [5, 5.41) is 18.3. The number of hydrogen-bond acceptors (Lipinski definition) is 4. The SMILES string of the molecule is CC.CC.CC.CC.CC.CC.FC(F)(F)C(c1ccccc1)c1ccccc1.Nc1ccc(C(c2ccc(N)cc2)C(F)(F)F)cc1.Oc1ccc(C(c2ccc(O)cc2)C(F)(F)F)cc1. The van der Waals surface area contributed by atoms with Gasteiger partial charge < -0.3 is 21.7 Å². The zero-order valence-electron chi connectivity index (χ0n) is 40.7. The highest BCUT2D eigenvalue weighted by molar-refractivity contribution is 5.46. The number of rotatable bonds is 6. The Morgan fingerprint density at radius 2 is 0.448 bits per heavy atom. The molecule has 13 heteroatoms. The lowest BCUT2D eigenvalue weighted by Gasteiger charge is -2.21. The van der Waals surface area contributed by atoms with Gasteiger partial charge in [0.25, 0.3) is 0 Å². The minimum atomic E-state index is -4.45. The van der Waals surface area contributed by atoms with Crippen LogP contribution in [0, 0.1) is 0 Å². The molecule has 0 amide bonds. The summed E-state index contributed by atoms with van der Waals surface area (Å²) in [5.41, 5.74) is 12.8. The van der Waals surface area contributed by atoms with Crippen molar-refractivity contribution in [3.63, 3.8) is 0 Å². The van der Waals surface area contributed by atoms with E-state index in [0.717, 1.165) is 0 Å². The van der Waals surface area contributed by atoms with Gasteiger partial charge in [0.2, 0.25) is 0 Å². The lowest BCUT2D eigenvalue weighted by Crippen LogP contribution is -2.22. The van der Waals surface area contributed by atoms with Crippen LogP contribution in [0.4, 0.5) is 50.9 Å². The molecule has 6 aromatic carbocycles. The van der Waals surface area contributed by atoms with Gasteiger partial charge in [0.05, 0.1) is 0 Å². The summed E-state index contributed by atoms with van der Waals surface area (Å²) in [5.74, 6) is -5.18. The summed E-state index contributed by atoms with van der Waals surface area (Å²) in [6.45, 7) is 24.0. The van der Waals surface area contributed by atoms with Crippen LogP contribution in [-0.4, -0.2) is 28.7 Å². The molecule has 0 saturated heterocycles. The minimum absolute atomic E-state index is 0.0380. The van der Waals surface area contributed by atoms with Crippen molar-refractivity contribution in [2.45, 2.75) is 119 Å². The van der Waals surface area contributed by atoms with Crippen LogP contribution in [-0.2, 0) is 0 Å². The van der Waals surface area contributed by atoms with Crippen molar-refractivity contribution in [2.75, 3.05) is 11.5 Å². The average Bonchev–Trinajstić information content (AvgIpc) is 3.33. The first kappa shape index (κ1) is 65.2. The topological polar surface area (TPSA) is 92.5 Å². The molecule has 0 heterocycles. The van der Waals surface area contributed by atoms with Crippen LogP contribution in [0.2, 0.25) is 0 Å². The van der Waals surface area contributed by atoms with Crippen LogP contribution >= 0.6 is 0 Å². The number of nitrogens with two attached hydrogens (primary N) is 2. The summed E-state index contributed by atoms with van der Waals surface area (Å²) in [6.07, 6.45) is -13.1. The second kappa shape index (κ2) is 35.1. The van der Waals surface area contributed by atoms with Crippen LogP contribution < -0.4 is 11.5 Å². The summed E-state index contributed by atoms with van der Waals surface area (Å²) in [7, 11) is 0. The first-order valence-electron chi connectivity index (χ1n) is 22.4. The van der Waals surface area contributed by atoms with Crippen LogP contribution in [0.3, 0.4) is 0 Å². The number of aromatic hydroxyl groups is 2. The summed E-state index contributed by atoms with van der Waals surface area (Å²) in [4.78, 5) is 0. The van der Waals surface area contributed by atoms with Gasteiger partial charge in [-0.05, 0) is 81.9 Å². The summed E-state index contributed by atoms with van der Waals surface area (Å²) < 4.78 is 118. The maximum Gasteiger partial charge on any atom is 0.399 e. The number of phenols is 2. The van der Waals surface area contributed by atoms with Gasteiger partial charge in [-0.3, -0.25) is 0 Å². The number of anilines is 2. The van der Waals surface area contributed by atoms with Crippen molar-refractivity contribution in [1.29, 1.82) is 0 Å². The smallest absolute Gasteiger partial charge is 0.399 e. The van der Waals surface area contributed by atoms with E-state index in [1.807, 2.05) is 83.1 Å². The molecule has 0 atom stereocenters. The van der Waals surface area contributed by atoms with Crippen molar-refractivity contribution in [2.24, 2.45) is 0 Å². The van der Waals surface area contributed by atoms with Gasteiger partial charge in [0.15, 0.2) is 0 Å². The van der Waals surface area contributed by atoms with Crippen molar-refractivity contribution < 1.29 is 49.7 Å². The molecule has 0 aliphatic heterocycles. The Kier molecular flexibility index (Phi) is 34.2. The monoisotopic (exact) mass is 951 g/mol. The molecule has 0 spiro atoms. The molecular weight excluding hydrogens is 880 g/mol. The Morgan fingerprint density at radius 1 is 0.284 bits per heavy atom. The number of alkyl halides is 9. The molecule has 0 saturated carbocycles. The van der Waals surface area contributed by atoms with Crippen LogP contribution in [0.25, 0.3) is 0 Å². The van der Waals surface area contributed by atoms with Gasteiger partial charge in [-0.1, -0.05) is 192 Å². The number of nitrogen functional groups attached to an aromatic ring is 2. The highest BCUT2D eigenvalue weighted by atomic mass is 19.4. The Morgan fingerprint density at radius 3 is 0.627 bits per heavy atom. The van der Waals surface area contributed by atoms with Crippen LogP contribution in [0.15, 0.2) is 158 Å². The molecule has 6 rings (SSSR count). The summed E-state index contributed by atoms with van der Waals surface area (Å²) >= 11 is 0. The van der Waals surface area contributed by atoms with Gasteiger partial charge >= 0.3 is 18.5 Å². The standard InChI is InChI=1S/C14H13F3N2.C14H11F3O2.C14H11F3.6C2H6/c2*15-14(16,17)13(9-1-5-11(18)6-2-9)10-3-7-12(19)8-4-10;15-14(16,17)13(11-7-3-1-4-8-11)12-9-5-2-6-10-12;6*1-2/h1-8,13H,18-19H2;1-8,13,18-19H;1-10,13H;6*1-2H3. The van der Waals surface area contributed by atoms with Crippen molar-refractivity contribution >= 4 is 11.4 Å². The van der Waals surface area contributed by atoms with Crippen molar-refractivity contribution in [3.05, 3.63) is 191 Å². The zero-order valence-corrected chi connectivity index (χ0v) is 40.7. The lowest BCUT2D eigenvalue weighted by atomic mass is 9.90. The molecule has 67 heavy (non-hydrogen) atoms. The maximum absolute atomic E-state index is 13.2. The van der Waals surface area contributed by atoms with Crippen LogP contribution in [0.5, 0.6) is 11.5 Å². The molecule has 6 aromatic rings. The highest BCUT2D eigenvalue weighted by Gasteiger charge is 2.43. The van der Waals surface area contributed by atoms with Gasteiger partial charge in [0.1, 0.15) is 29.3 Å². The van der Waals surface area contributed by atoms with Gasteiger partial charge in [-0.15, -0.1) is 0 Å². The predicted octanol–water partition coefficient (Wildman–Crippen LogP) is 17.9. The Hall–Kier alpha value is -6.11. The molecule has 0 unspecified atom stereocenters. The average molecular weight is 951 g/mol.